The van der Waals surface area contributed by atoms with Crippen LogP contribution < -0.4 is 10.6 Å². The van der Waals surface area contributed by atoms with Gasteiger partial charge in [-0.25, -0.2) is 0 Å². The Morgan fingerprint density at radius 2 is 1.94 bits per heavy atom. The molecule has 1 aliphatic carbocycles. The van der Waals surface area contributed by atoms with E-state index in [-0.39, 0.29) is 12.2 Å². The van der Waals surface area contributed by atoms with Gasteiger partial charge in [0.05, 0.1) is 13.1 Å². The van der Waals surface area contributed by atoms with Crippen LogP contribution in [0.3, 0.4) is 0 Å². The zero-order valence-electron chi connectivity index (χ0n) is 10.1. The van der Waals surface area contributed by atoms with Crippen LogP contribution in [0.1, 0.15) is 26.7 Å². The molecule has 0 aliphatic heterocycles. The second-order valence-electron chi connectivity index (χ2n) is 3.80. The van der Waals surface area contributed by atoms with Crippen LogP contribution in [0.15, 0.2) is 0 Å². The lowest BCUT2D eigenvalue weighted by molar-refractivity contribution is -0.140. The minimum Gasteiger partial charge on any atom is -0.351 e. The van der Waals surface area contributed by atoms with Crippen LogP contribution in [0.5, 0.6) is 0 Å². The molecule has 0 radical (unpaired) electrons. The van der Waals surface area contributed by atoms with Gasteiger partial charge in [0.2, 0.25) is 5.91 Å². The highest BCUT2D eigenvalue weighted by Gasteiger charge is 2.21. The van der Waals surface area contributed by atoms with Crippen LogP contribution in [-0.4, -0.2) is 44.5 Å². The molecule has 1 saturated carbocycles. The molecule has 1 aliphatic rings. The van der Waals surface area contributed by atoms with Crippen LogP contribution in [0, 0.1) is 0 Å². The van der Waals surface area contributed by atoms with Gasteiger partial charge in [-0.15, -0.1) is 0 Å². The van der Waals surface area contributed by atoms with Crippen molar-refractivity contribution in [3.8, 4) is 0 Å². The fraction of sp³-hybridized carbons (Fsp3) is 0.909. The van der Waals surface area contributed by atoms with Gasteiger partial charge in [-0.2, -0.15) is 0 Å². The smallest absolute Gasteiger partial charge is 0.234 e. The van der Waals surface area contributed by atoms with Crippen LogP contribution in [0.25, 0.3) is 0 Å². The zero-order valence-corrected chi connectivity index (χ0v) is 10.1. The third kappa shape index (κ3) is 6.05. The molecule has 0 unspecified atom stereocenters. The van der Waals surface area contributed by atoms with Crippen LogP contribution in [0.4, 0.5) is 0 Å². The van der Waals surface area contributed by atoms with Gasteiger partial charge in [0.1, 0.15) is 0 Å². The predicted molar refractivity (Wildman–Crippen MR) is 61.1 cm³/mol. The molecule has 0 aromatic rings. The van der Waals surface area contributed by atoms with Crippen molar-refractivity contribution in [2.75, 3.05) is 26.3 Å². The molecule has 0 heterocycles. The number of carbonyl (C=O) groups is 1. The summed E-state index contributed by atoms with van der Waals surface area (Å²) in [5.74, 6) is -0.00342. The Bertz CT molecular complexity index is 201. The Balaban J connectivity index is 2.06. The molecule has 0 saturated heterocycles. The van der Waals surface area contributed by atoms with Crippen molar-refractivity contribution >= 4 is 5.91 Å². The van der Waals surface area contributed by atoms with E-state index in [0.717, 1.165) is 0 Å². The highest BCUT2D eigenvalue weighted by molar-refractivity contribution is 5.78. The molecule has 5 nitrogen and oxygen atoms in total. The van der Waals surface area contributed by atoms with E-state index in [0.29, 0.717) is 32.3 Å². The van der Waals surface area contributed by atoms with E-state index in [1.165, 1.54) is 12.8 Å². The molecule has 1 rings (SSSR count). The van der Waals surface area contributed by atoms with Gasteiger partial charge in [-0.3, -0.25) is 4.79 Å². The normalized spacial score (nSPS) is 15.4. The van der Waals surface area contributed by atoms with Gasteiger partial charge < -0.3 is 20.1 Å². The lowest BCUT2D eigenvalue weighted by Gasteiger charge is -2.17. The number of hydrogen-bond acceptors (Lipinski definition) is 4. The summed E-state index contributed by atoms with van der Waals surface area (Å²) < 4.78 is 10.6. The standard InChI is InChI=1S/C11H22N2O3/c1-3-15-11(16-4-2)8-13-10(14)7-12-9-5-6-9/h9,11-12H,3-8H2,1-2H3,(H,13,14). The summed E-state index contributed by atoms with van der Waals surface area (Å²) >= 11 is 0. The molecule has 0 atom stereocenters. The number of rotatable bonds is 9. The van der Waals surface area contributed by atoms with Gasteiger partial charge in [0.25, 0.3) is 0 Å². The average Bonchev–Trinajstić information content (AvgIpc) is 3.07. The maximum absolute atomic E-state index is 11.4. The van der Waals surface area contributed by atoms with Gasteiger partial charge >= 0.3 is 0 Å². The first-order valence-corrected chi connectivity index (χ1v) is 5.99. The Labute approximate surface area is 96.9 Å². The summed E-state index contributed by atoms with van der Waals surface area (Å²) in [6, 6.07) is 0.556. The molecule has 2 N–H and O–H groups in total. The summed E-state index contributed by atoms with van der Waals surface area (Å²) in [5, 5.41) is 5.93. The second kappa shape index (κ2) is 7.60. The molecule has 0 aromatic carbocycles. The largest absolute Gasteiger partial charge is 0.351 e. The molecular weight excluding hydrogens is 208 g/mol. The maximum atomic E-state index is 11.4. The molecule has 0 bridgehead atoms. The van der Waals surface area contributed by atoms with E-state index in [1.807, 2.05) is 13.8 Å². The predicted octanol–water partition coefficient (Wildman–Crippen LogP) is 0.254. The summed E-state index contributed by atoms with van der Waals surface area (Å²) in [7, 11) is 0. The molecule has 0 spiro atoms. The Kier molecular flexibility index (Phi) is 6.37. The lowest BCUT2D eigenvalue weighted by Crippen LogP contribution is -2.40. The molecule has 1 fully saturated rings. The third-order valence-electron chi connectivity index (χ3n) is 2.30. The van der Waals surface area contributed by atoms with Crippen molar-refractivity contribution in [2.45, 2.75) is 39.0 Å². The summed E-state index contributed by atoms with van der Waals surface area (Å²) in [6.45, 7) is 5.77. The number of hydrogen-bond donors (Lipinski definition) is 2. The van der Waals surface area contributed by atoms with Crippen molar-refractivity contribution in [1.29, 1.82) is 0 Å². The Morgan fingerprint density at radius 3 is 2.44 bits per heavy atom. The molecule has 94 valence electrons. The molecule has 1 amide bonds. The number of amides is 1. The van der Waals surface area contributed by atoms with E-state index in [9.17, 15) is 4.79 Å². The molecule has 5 heteroatoms. The maximum Gasteiger partial charge on any atom is 0.234 e. The number of ether oxygens (including phenoxy) is 2. The summed E-state index contributed by atoms with van der Waals surface area (Å²) in [6.07, 6.45) is 2.04. The van der Waals surface area contributed by atoms with Crippen LogP contribution in [0.2, 0.25) is 0 Å². The first kappa shape index (κ1) is 13.4. The van der Waals surface area contributed by atoms with Crippen LogP contribution >= 0.6 is 0 Å². The monoisotopic (exact) mass is 230 g/mol. The molecule has 0 aromatic heterocycles. The van der Waals surface area contributed by atoms with Crippen molar-refractivity contribution in [3.05, 3.63) is 0 Å². The minimum absolute atomic E-state index is 0.00342. The van der Waals surface area contributed by atoms with Crippen molar-refractivity contribution in [2.24, 2.45) is 0 Å². The lowest BCUT2D eigenvalue weighted by atomic mass is 10.5. The fourth-order valence-electron chi connectivity index (χ4n) is 1.32. The van der Waals surface area contributed by atoms with Crippen LogP contribution in [-0.2, 0) is 14.3 Å². The zero-order chi connectivity index (χ0) is 11.8. The van der Waals surface area contributed by atoms with Crippen molar-refractivity contribution in [3.63, 3.8) is 0 Å². The van der Waals surface area contributed by atoms with E-state index < -0.39 is 0 Å². The van der Waals surface area contributed by atoms with Gasteiger partial charge in [-0.05, 0) is 26.7 Å². The Hall–Kier alpha value is -0.650. The average molecular weight is 230 g/mol. The number of carbonyl (C=O) groups excluding carboxylic acids is 1. The quantitative estimate of drug-likeness (QED) is 0.558. The fourth-order valence-corrected chi connectivity index (χ4v) is 1.32. The highest BCUT2D eigenvalue weighted by atomic mass is 16.7. The highest BCUT2D eigenvalue weighted by Crippen LogP contribution is 2.17. The summed E-state index contributed by atoms with van der Waals surface area (Å²) in [5.41, 5.74) is 0. The number of nitrogens with one attached hydrogen (secondary N) is 2. The second-order valence-corrected chi connectivity index (χ2v) is 3.80. The van der Waals surface area contributed by atoms with E-state index >= 15 is 0 Å². The molecule has 16 heavy (non-hydrogen) atoms. The minimum atomic E-state index is -0.333. The van der Waals surface area contributed by atoms with E-state index in [2.05, 4.69) is 10.6 Å². The molecular formula is C11H22N2O3. The Morgan fingerprint density at radius 1 is 1.31 bits per heavy atom. The van der Waals surface area contributed by atoms with Crippen molar-refractivity contribution < 1.29 is 14.3 Å². The first-order chi connectivity index (χ1) is 7.76. The van der Waals surface area contributed by atoms with Gasteiger partial charge in [0, 0.05) is 19.3 Å². The van der Waals surface area contributed by atoms with Gasteiger partial charge in [0.15, 0.2) is 6.29 Å². The van der Waals surface area contributed by atoms with E-state index in [4.69, 9.17) is 9.47 Å². The van der Waals surface area contributed by atoms with Gasteiger partial charge in [-0.1, -0.05) is 0 Å². The van der Waals surface area contributed by atoms with E-state index in [1.54, 1.807) is 0 Å². The third-order valence-corrected chi connectivity index (χ3v) is 2.30. The summed E-state index contributed by atoms with van der Waals surface area (Å²) in [4.78, 5) is 11.4. The first-order valence-electron chi connectivity index (χ1n) is 5.99. The van der Waals surface area contributed by atoms with Crippen molar-refractivity contribution in [1.82, 2.24) is 10.6 Å². The topological polar surface area (TPSA) is 59.6 Å². The SMILES string of the molecule is CCOC(CNC(=O)CNC1CC1)OCC.